The summed E-state index contributed by atoms with van der Waals surface area (Å²) < 4.78 is 12.2. The molecule has 36 heavy (non-hydrogen) atoms. The van der Waals surface area contributed by atoms with Gasteiger partial charge >= 0.3 is 6.03 Å². The number of imide groups is 1. The Kier molecular flexibility index (Phi) is 5.39. The second-order valence-corrected chi connectivity index (χ2v) is 8.25. The van der Waals surface area contributed by atoms with Crippen LogP contribution in [0.2, 0.25) is 0 Å². The summed E-state index contributed by atoms with van der Waals surface area (Å²) in [5, 5.41) is 27.8. The van der Waals surface area contributed by atoms with E-state index in [2.05, 4.69) is 28.5 Å². The van der Waals surface area contributed by atoms with Crippen molar-refractivity contribution in [1.29, 1.82) is 5.26 Å². The lowest BCUT2D eigenvalue weighted by Gasteiger charge is -2.21. The zero-order valence-electron chi connectivity index (χ0n) is 19.4. The molecule has 0 radical (unpaired) electrons. The Morgan fingerprint density at radius 1 is 1.06 bits per heavy atom. The van der Waals surface area contributed by atoms with E-state index < -0.39 is 17.5 Å². The van der Waals surface area contributed by atoms with Gasteiger partial charge in [-0.3, -0.25) is 10.1 Å². The maximum atomic E-state index is 13.0. The molecule has 1 saturated heterocycles. The average molecular weight is 480 g/mol. The van der Waals surface area contributed by atoms with Crippen LogP contribution in [0.1, 0.15) is 11.1 Å². The largest absolute Gasteiger partial charge is 0.497 e. The smallest absolute Gasteiger partial charge is 0.323 e. The number of carbonyl (C=O) groups excluding carboxylic acids is 2. The number of benzene rings is 3. The van der Waals surface area contributed by atoms with Crippen molar-refractivity contribution in [2.45, 2.75) is 12.1 Å². The van der Waals surface area contributed by atoms with Crippen molar-refractivity contribution < 1.29 is 24.2 Å². The molecule has 3 N–H and O–H groups in total. The van der Waals surface area contributed by atoms with Gasteiger partial charge < -0.3 is 24.5 Å². The molecule has 0 bridgehead atoms. The third kappa shape index (κ3) is 3.60. The number of amides is 3. The van der Waals surface area contributed by atoms with Gasteiger partial charge in [-0.25, -0.2) is 4.79 Å². The first-order valence-corrected chi connectivity index (χ1v) is 10.9. The monoisotopic (exact) mass is 480 g/mol. The van der Waals surface area contributed by atoms with Crippen molar-refractivity contribution in [1.82, 2.24) is 15.2 Å². The van der Waals surface area contributed by atoms with E-state index in [0.717, 1.165) is 5.39 Å². The van der Waals surface area contributed by atoms with Crippen molar-refractivity contribution in [3.8, 4) is 35.3 Å². The third-order valence-corrected chi connectivity index (χ3v) is 6.18. The fourth-order valence-electron chi connectivity index (χ4n) is 4.36. The number of methoxy groups -OCH3 is 2. The number of nitriles is 1. The molecule has 4 aromatic rings. The number of aromatic hydroxyl groups is 1. The summed E-state index contributed by atoms with van der Waals surface area (Å²) in [6.07, 6.45) is 1.67. The predicted molar refractivity (Wildman–Crippen MR) is 132 cm³/mol. The lowest BCUT2D eigenvalue weighted by molar-refractivity contribution is -0.122. The van der Waals surface area contributed by atoms with Crippen LogP contribution in [0, 0.1) is 23.2 Å². The molecular formula is C27H20N4O5. The van der Waals surface area contributed by atoms with Gasteiger partial charge in [0.05, 0.1) is 38.0 Å². The van der Waals surface area contributed by atoms with Crippen LogP contribution in [-0.2, 0) is 11.3 Å². The number of aromatic nitrogens is 1. The number of hydrogen-bond donors (Lipinski definition) is 3. The highest BCUT2D eigenvalue weighted by Gasteiger charge is 2.46. The number of hydrogen-bond acceptors (Lipinski definition) is 6. The molecule has 1 atom stereocenters. The van der Waals surface area contributed by atoms with E-state index >= 15 is 0 Å². The normalized spacial score (nSPS) is 16.7. The van der Waals surface area contributed by atoms with Crippen LogP contribution >= 0.6 is 0 Å². The number of ether oxygens (including phenoxy) is 2. The van der Waals surface area contributed by atoms with Crippen LogP contribution in [0.3, 0.4) is 0 Å². The van der Waals surface area contributed by atoms with Crippen LogP contribution in [0.25, 0.3) is 21.5 Å². The van der Waals surface area contributed by atoms with Crippen LogP contribution in [0.4, 0.5) is 4.79 Å². The fraction of sp³-hybridized carbons (Fsp3) is 0.148. The van der Waals surface area contributed by atoms with Crippen molar-refractivity contribution in [2.75, 3.05) is 14.2 Å². The number of nitrogens with zero attached hydrogens (tertiary/aromatic N) is 2. The molecule has 9 nitrogen and oxygen atoms in total. The molecular weight excluding hydrogens is 460 g/mol. The van der Waals surface area contributed by atoms with E-state index in [4.69, 9.17) is 9.47 Å². The average Bonchev–Trinajstić information content (AvgIpc) is 3.35. The Hall–Kier alpha value is -5.15. The van der Waals surface area contributed by atoms with Gasteiger partial charge in [0.15, 0.2) is 5.88 Å². The van der Waals surface area contributed by atoms with E-state index in [1.807, 2.05) is 0 Å². The fourth-order valence-corrected chi connectivity index (χ4v) is 4.36. The second-order valence-electron chi connectivity index (χ2n) is 8.25. The first kappa shape index (κ1) is 22.6. The second kappa shape index (κ2) is 8.57. The topological polar surface area (TPSA) is 126 Å². The molecule has 2 heterocycles. The molecule has 0 aliphatic carbocycles. The van der Waals surface area contributed by atoms with E-state index in [1.165, 1.54) is 18.8 Å². The Labute approximate surface area is 205 Å². The summed E-state index contributed by atoms with van der Waals surface area (Å²) in [6.45, 7) is -0.156. The summed E-state index contributed by atoms with van der Waals surface area (Å²) in [5.41, 5.74) is -0.737. The quantitative estimate of drug-likeness (QED) is 0.305. The SMILES string of the molecule is COc1ccc2cn(C[C@@]3(C#Cc4c(OC)ccc5c(C#N)cccc45)NC(=O)NC3=O)c(O)c2c1. The van der Waals surface area contributed by atoms with Gasteiger partial charge in [-0.2, -0.15) is 5.26 Å². The molecule has 1 aliphatic heterocycles. The first-order valence-electron chi connectivity index (χ1n) is 10.9. The summed E-state index contributed by atoms with van der Waals surface area (Å²) in [5.74, 6) is 6.21. The zero-order valence-corrected chi connectivity index (χ0v) is 19.4. The van der Waals surface area contributed by atoms with Crippen molar-refractivity contribution >= 4 is 33.5 Å². The van der Waals surface area contributed by atoms with E-state index in [1.54, 1.807) is 54.7 Å². The molecule has 1 aliphatic rings. The highest BCUT2D eigenvalue weighted by atomic mass is 16.5. The highest BCUT2D eigenvalue weighted by Crippen LogP contribution is 2.33. The van der Waals surface area contributed by atoms with Crippen molar-refractivity contribution in [2.24, 2.45) is 0 Å². The van der Waals surface area contributed by atoms with Gasteiger partial charge in [0.2, 0.25) is 5.54 Å². The Bertz CT molecular complexity index is 1670. The molecule has 0 unspecified atom stereocenters. The Morgan fingerprint density at radius 3 is 2.58 bits per heavy atom. The van der Waals surface area contributed by atoms with Gasteiger partial charge in [-0.05, 0) is 36.4 Å². The molecule has 0 saturated carbocycles. The summed E-state index contributed by atoms with van der Waals surface area (Å²) in [4.78, 5) is 25.2. The summed E-state index contributed by atoms with van der Waals surface area (Å²) in [7, 11) is 3.03. The molecule has 5 rings (SSSR count). The number of fused-ring (bicyclic) bond motifs is 2. The van der Waals surface area contributed by atoms with E-state index in [0.29, 0.717) is 38.8 Å². The first-order chi connectivity index (χ1) is 17.4. The van der Waals surface area contributed by atoms with Crippen molar-refractivity contribution in [3.63, 3.8) is 0 Å². The van der Waals surface area contributed by atoms with E-state index in [-0.39, 0.29) is 12.4 Å². The molecule has 178 valence electrons. The molecule has 1 aromatic heterocycles. The van der Waals surface area contributed by atoms with Crippen LogP contribution < -0.4 is 20.1 Å². The standard InChI is InChI=1S/C27H20N4O5/c1-35-18-7-6-17-14-31(24(32)22(17)12-18)15-27(25(33)29-26(34)30-27)11-10-21-20-5-3-4-16(13-28)19(20)8-9-23(21)36-2/h3-9,12,14,32H,15H2,1-2H3,(H2,29,30,33,34)/t27-/m1/s1. The molecule has 3 aromatic carbocycles. The molecule has 3 amide bonds. The number of urea groups is 1. The highest BCUT2D eigenvalue weighted by molar-refractivity contribution is 6.09. The minimum absolute atomic E-state index is 0.0968. The maximum absolute atomic E-state index is 13.0. The maximum Gasteiger partial charge on any atom is 0.323 e. The lowest BCUT2D eigenvalue weighted by atomic mass is 9.96. The molecule has 9 heteroatoms. The number of nitrogens with one attached hydrogen (secondary N) is 2. The zero-order chi connectivity index (χ0) is 25.4. The minimum atomic E-state index is -1.67. The summed E-state index contributed by atoms with van der Waals surface area (Å²) >= 11 is 0. The number of carbonyl (C=O) groups is 2. The van der Waals surface area contributed by atoms with Gasteiger partial charge in [0.1, 0.15) is 11.5 Å². The van der Waals surface area contributed by atoms with Crippen LogP contribution in [-0.4, -0.2) is 41.4 Å². The minimum Gasteiger partial charge on any atom is -0.497 e. The van der Waals surface area contributed by atoms with Crippen molar-refractivity contribution in [3.05, 3.63) is 65.9 Å². The van der Waals surface area contributed by atoms with Crippen LogP contribution in [0.15, 0.2) is 54.7 Å². The summed E-state index contributed by atoms with van der Waals surface area (Å²) in [6, 6.07) is 15.4. The van der Waals surface area contributed by atoms with Gasteiger partial charge in [0, 0.05) is 27.7 Å². The van der Waals surface area contributed by atoms with Crippen LogP contribution in [0.5, 0.6) is 17.4 Å². The Balaban J connectivity index is 1.65. The lowest BCUT2D eigenvalue weighted by Crippen LogP contribution is -2.49. The predicted octanol–water partition coefficient (Wildman–Crippen LogP) is 3.02. The molecule has 1 fully saturated rings. The van der Waals surface area contributed by atoms with Gasteiger partial charge in [-0.1, -0.05) is 24.0 Å². The third-order valence-electron chi connectivity index (χ3n) is 6.18. The van der Waals surface area contributed by atoms with Gasteiger partial charge in [0.25, 0.3) is 5.91 Å². The Morgan fingerprint density at radius 2 is 1.89 bits per heavy atom. The number of rotatable bonds is 4. The van der Waals surface area contributed by atoms with Gasteiger partial charge in [-0.15, -0.1) is 0 Å². The molecule has 0 spiro atoms. The van der Waals surface area contributed by atoms with E-state index in [9.17, 15) is 20.0 Å².